The van der Waals surface area contributed by atoms with Crippen molar-refractivity contribution in [2.24, 2.45) is 0 Å². The van der Waals surface area contributed by atoms with Gasteiger partial charge in [-0.05, 0) is 43.3 Å². The molecule has 1 aromatic heterocycles. The topological polar surface area (TPSA) is 59.0 Å². The zero-order chi connectivity index (χ0) is 19.6. The summed E-state index contributed by atoms with van der Waals surface area (Å²) in [5, 5.41) is 9.07. The van der Waals surface area contributed by atoms with Crippen molar-refractivity contribution in [1.82, 2.24) is 15.1 Å². The van der Waals surface area contributed by atoms with Gasteiger partial charge in [-0.25, -0.2) is 4.68 Å². The highest BCUT2D eigenvalue weighted by Gasteiger charge is 2.36. The van der Waals surface area contributed by atoms with E-state index in [1.165, 1.54) is 10.7 Å². The van der Waals surface area contributed by atoms with Gasteiger partial charge in [0.15, 0.2) is 10.8 Å². The van der Waals surface area contributed by atoms with Crippen LogP contribution in [0.25, 0.3) is 0 Å². The molecule has 1 saturated carbocycles. The van der Waals surface area contributed by atoms with Gasteiger partial charge in [0.2, 0.25) is 0 Å². The number of amides is 1. The van der Waals surface area contributed by atoms with Crippen LogP contribution in [0.2, 0.25) is 5.02 Å². The normalized spacial score (nSPS) is 15.0. The standard InChI is InChI=1S/C17H16ClF3N4OS/c18-11-5-3-4-10(8-11)15(26)23-16(27)22-14-9-13(17(19,20)21)24-25(14)12-6-1-2-7-12/h3-5,8-9,12H,1-2,6-7H2,(H2,22,23,26,27). The van der Waals surface area contributed by atoms with E-state index in [9.17, 15) is 18.0 Å². The van der Waals surface area contributed by atoms with Gasteiger partial charge >= 0.3 is 6.18 Å². The van der Waals surface area contributed by atoms with Crippen LogP contribution < -0.4 is 10.6 Å². The Kier molecular flexibility index (Phi) is 5.71. The predicted molar refractivity (Wildman–Crippen MR) is 99.9 cm³/mol. The molecule has 1 aliphatic rings. The number of alkyl halides is 3. The van der Waals surface area contributed by atoms with Gasteiger partial charge in [0.1, 0.15) is 5.82 Å². The molecule has 3 rings (SSSR count). The Labute approximate surface area is 163 Å². The van der Waals surface area contributed by atoms with E-state index in [-0.39, 0.29) is 22.5 Å². The molecule has 5 nitrogen and oxygen atoms in total. The van der Waals surface area contributed by atoms with Crippen LogP contribution in [0.4, 0.5) is 19.0 Å². The van der Waals surface area contributed by atoms with Crippen molar-refractivity contribution in [3.05, 3.63) is 46.6 Å². The van der Waals surface area contributed by atoms with Crippen LogP contribution in [0.1, 0.15) is 47.8 Å². The number of carbonyl (C=O) groups excluding carboxylic acids is 1. The molecule has 1 amide bonds. The van der Waals surface area contributed by atoms with E-state index < -0.39 is 17.8 Å². The third-order valence-electron chi connectivity index (χ3n) is 4.25. The van der Waals surface area contributed by atoms with Gasteiger partial charge in [-0.2, -0.15) is 18.3 Å². The first-order valence-electron chi connectivity index (χ1n) is 8.28. The second kappa shape index (κ2) is 7.85. The molecule has 0 bridgehead atoms. The van der Waals surface area contributed by atoms with E-state index in [0.717, 1.165) is 31.7 Å². The quantitative estimate of drug-likeness (QED) is 0.706. The minimum absolute atomic E-state index is 0.102. The van der Waals surface area contributed by atoms with Gasteiger partial charge in [0, 0.05) is 16.7 Å². The average Bonchev–Trinajstić information content (AvgIpc) is 3.23. The first-order chi connectivity index (χ1) is 12.7. The molecule has 1 aromatic carbocycles. The molecule has 2 aromatic rings. The van der Waals surface area contributed by atoms with Crippen molar-refractivity contribution in [2.45, 2.75) is 37.9 Å². The van der Waals surface area contributed by atoms with Crippen molar-refractivity contribution in [2.75, 3.05) is 5.32 Å². The molecule has 10 heteroatoms. The Bertz CT molecular complexity index is 862. The lowest BCUT2D eigenvalue weighted by atomic mass is 10.2. The number of halogens is 4. The maximum Gasteiger partial charge on any atom is 0.435 e. The SMILES string of the molecule is O=C(NC(=S)Nc1cc(C(F)(F)F)nn1C1CCCC1)c1cccc(Cl)c1. The van der Waals surface area contributed by atoms with E-state index in [0.29, 0.717) is 5.02 Å². The molecule has 1 heterocycles. The minimum Gasteiger partial charge on any atom is -0.317 e. The number of carbonyl (C=O) groups is 1. The van der Waals surface area contributed by atoms with Crippen LogP contribution in [0.5, 0.6) is 0 Å². The molecular formula is C17H16ClF3N4OS. The fourth-order valence-corrected chi connectivity index (χ4v) is 3.39. The number of hydrogen-bond donors (Lipinski definition) is 2. The number of nitrogens with zero attached hydrogens (tertiary/aromatic N) is 2. The largest absolute Gasteiger partial charge is 0.435 e. The van der Waals surface area contributed by atoms with Crippen LogP contribution in [0, 0.1) is 0 Å². The second-order valence-electron chi connectivity index (χ2n) is 6.21. The minimum atomic E-state index is -4.56. The van der Waals surface area contributed by atoms with E-state index >= 15 is 0 Å². The molecule has 0 unspecified atom stereocenters. The highest BCUT2D eigenvalue weighted by molar-refractivity contribution is 7.80. The maximum absolute atomic E-state index is 13.1. The Morgan fingerprint density at radius 1 is 1.26 bits per heavy atom. The Balaban J connectivity index is 1.76. The zero-order valence-corrected chi connectivity index (χ0v) is 15.6. The van der Waals surface area contributed by atoms with Gasteiger partial charge in [-0.1, -0.05) is 30.5 Å². The number of rotatable bonds is 3. The smallest absolute Gasteiger partial charge is 0.317 e. The van der Waals surface area contributed by atoms with E-state index in [1.807, 2.05) is 0 Å². The average molecular weight is 417 g/mol. The molecule has 0 radical (unpaired) electrons. The van der Waals surface area contributed by atoms with E-state index in [2.05, 4.69) is 15.7 Å². The maximum atomic E-state index is 13.1. The molecule has 2 N–H and O–H groups in total. The Hall–Kier alpha value is -2.13. The third-order valence-corrected chi connectivity index (χ3v) is 4.69. The molecular weight excluding hydrogens is 401 g/mol. The lowest BCUT2D eigenvalue weighted by molar-refractivity contribution is -0.141. The number of aromatic nitrogens is 2. The molecule has 1 fully saturated rings. The van der Waals surface area contributed by atoms with E-state index in [4.69, 9.17) is 23.8 Å². The molecule has 1 aliphatic carbocycles. The van der Waals surface area contributed by atoms with Crippen molar-refractivity contribution in [1.29, 1.82) is 0 Å². The summed E-state index contributed by atoms with van der Waals surface area (Å²) < 4.78 is 40.5. The summed E-state index contributed by atoms with van der Waals surface area (Å²) in [5.41, 5.74) is -0.715. The zero-order valence-electron chi connectivity index (χ0n) is 14.0. The van der Waals surface area contributed by atoms with Gasteiger partial charge in [-0.3, -0.25) is 10.1 Å². The number of thiocarbonyl (C=S) groups is 1. The number of nitrogens with one attached hydrogen (secondary N) is 2. The van der Waals surface area contributed by atoms with Crippen LogP contribution in [0.3, 0.4) is 0 Å². The summed E-state index contributed by atoms with van der Waals surface area (Å²) in [5.74, 6) is -0.413. The summed E-state index contributed by atoms with van der Waals surface area (Å²) in [4.78, 5) is 12.2. The fourth-order valence-electron chi connectivity index (χ4n) is 3.01. The van der Waals surface area contributed by atoms with Crippen LogP contribution >= 0.6 is 23.8 Å². The lowest BCUT2D eigenvalue weighted by Gasteiger charge is -2.16. The second-order valence-corrected chi connectivity index (χ2v) is 7.06. The molecule has 0 saturated heterocycles. The number of benzene rings is 1. The van der Waals surface area contributed by atoms with Crippen molar-refractivity contribution in [3.63, 3.8) is 0 Å². The molecule has 0 atom stereocenters. The highest BCUT2D eigenvalue weighted by Crippen LogP contribution is 2.35. The van der Waals surface area contributed by atoms with Crippen LogP contribution in [-0.2, 0) is 6.18 Å². The van der Waals surface area contributed by atoms with E-state index in [1.54, 1.807) is 18.2 Å². The van der Waals surface area contributed by atoms with Gasteiger partial charge in [-0.15, -0.1) is 0 Å². The molecule has 0 spiro atoms. The molecule has 144 valence electrons. The Morgan fingerprint density at radius 2 is 1.96 bits per heavy atom. The van der Waals surface area contributed by atoms with Crippen molar-refractivity contribution < 1.29 is 18.0 Å². The first-order valence-corrected chi connectivity index (χ1v) is 9.07. The lowest BCUT2D eigenvalue weighted by Crippen LogP contribution is -2.34. The molecule has 0 aliphatic heterocycles. The van der Waals surface area contributed by atoms with Crippen LogP contribution in [-0.4, -0.2) is 20.8 Å². The summed E-state index contributed by atoms with van der Waals surface area (Å²) in [6.07, 6.45) is -1.21. The van der Waals surface area contributed by atoms with Gasteiger partial charge in [0.05, 0.1) is 6.04 Å². The van der Waals surface area contributed by atoms with Crippen LogP contribution in [0.15, 0.2) is 30.3 Å². The summed E-state index contributed by atoms with van der Waals surface area (Å²) >= 11 is 10.9. The van der Waals surface area contributed by atoms with Crippen molar-refractivity contribution in [3.8, 4) is 0 Å². The monoisotopic (exact) mass is 416 g/mol. The number of hydrogen-bond acceptors (Lipinski definition) is 3. The third kappa shape index (κ3) is 4.78. The molecule has 27 heavy (non-hydrogen) atoms. The van der Waals surface area contributed by atoms with Gasteiger partial charge < -0.3 is 5.32 Å². The van der Waals surface area contributed by atoms with Crippen molar-refractivity contribution >= 4 is 40.7 Å². The fraction of sp³-hybridized carbons (Fsp3) is 0.353. The van der Waals surface area contributed by atoms with Gasteiger partial charge in [0.25, 0.3) is 5.91 Å². The summed E-state index contributed by atoms with van der Waals surface area (Å²) in [6, 6.07) is 7.01. The first kappa shape index (κ1) is 19.6. The summed E-state index contributed by atoms with van der Waals surface area (Å²) in [7, 11) is 0. The Morgan fingerprint density at radius 3 is 2.59 bits per heavy atom. The number of anilines is 1. The highest BCUT2D eigenvalue weighted by atomic mass is 35.5. The summed E-state index contributed by atoms with van der Waals surface area (Å²) in [6.45, 7) is 0. The predicted octanol–water partition coefficient (Wildman–Crippen LogP) is 4.80.